The highest BCUT2D eigenvalue weighted by atomic mass is 32.1. The second-order valence-corrected chi connectivity index (χ2v) is 7.48. The Hall–Kier alpha value is -2.67. The first-order chi connectivity index (χ1) is 11.9. The van der Waals surface area contributed by atoms with E-state index in [4.69, 9.17) is 0 Å². The number of aromatic carboxylic acids is 1. The second-order valence-electron chi connectivity index (χ2n) is 6.60. The maximum Gasteiger partial charge on any atom is 0.336 e. The van der Waals surface area contributed by atoms with Crippen LogP contribution in [0.5, 0.6) is 0 Å². The minimum absolute atomic E-state index is 0.0976. The number of nitrogens with zero attached hydrogens (tertiary/aromatic N) is 3. The van der Waals surface area contributed by atoms with Gasteiger partial charge in [-0.05, 0) is 38.0 Å². The van der Waals surface area contributed by atoms with Crippen LogP contribution in [0, 0.1) is 0 Å². The fourth-order valence-corrected chi connectivity index (χ4v) is 4.77. The first-order valence-corrected chi connectivity index (χ1v) is 8.87. The Morgan fingerprint density at radius 2 is 2.12 bits per heavy atom. The largest absolute Gasteiger partial charge is 0.478 e. The average Bonchev–Trinajstić information content (AvgIpc) is 3.19. The number of hydrogen-bond acceptors (Lipinski definition) is 4. The molecule has 25 heavy (non-hydrogen) atoms. The summed E-state index contributed by atoms with van der Waals surface area (Å²) in [6.07, 6.45) is 3.97. The minimum Gasteiger partial charge on any atom is -0.478 e. The lowest BCUT2D eigenvalue weighted by Gasteiger charge is -2.42. The molecule has 1 aliphatic heterocycles. The van der Waals surface area contributed by atoms with Crippen molar-refractivity contribution in [3.8, 4) is 0 Å². The van der Waals surface area contributed by atoms with Crippen LogP contribution in [0.15, 0.2) is 36.0 Å². The Morgan fingerprint density at radius 1 is 1.32 bits per heavy atom. The molecule has 3 aromatic heterocycles. The Kier molecular flexibility index (Phi) is 3.43. The van der Waals surface area contributed by atoms with Crippen molar-refractivity contribution in [2.75, 3.05) is 6.54 Å². The molecule has 0 bridgehead atoms. The van der Waals surface area contributed by atoms with Crippen LogP contribution in [0.1, 0.15) is 45.1 Å². The molecule has 0 aromatic carbocycles. The van der Waals surface area contributed by atoms with E-state index in [-0.39, 0.29) is 5.91 Å². The summed E-state index contributed by atoms with van der Waals surface area (Å²) >= 11 is 1.41. The summed E-state index contributed by atoms with van der Waals surface area (Å²) < 4.78 is 1.78. The maximum atomic E-state index is 13.2. The number of hydrogen-bond donors (Lipinski definition) is 1. The number of carbonyl (C=O) groups is 2. The predicted molar refractivity (Wildman–Crippen MR) is 94.2 cm³/mol. The van der Waals surface area contributed by atoms with Gasteiger partial charge < -0.3 is 10.0 Å². The molecule has 4 heterocycles. The Morgan fingerprint density at radius 3 is 2.88 bits per heavy atom. The third kappa shape index (κ3) is 2.26. The molecule has 0 aliphatic carbocycles. The molecule has 128 valence electrons. The number of carboxylic acid groups (broad SMARTS) is 1. The average molecular weight is 355 g/mol. The van der Waals surface area contributed by atoms with Gasteiger partial charge in [0, 0.05) is 23.0 Å². The Bertz CT molecular complexity index is 1000. The van der Waals surface area contributed by atoms with Gasteiger partial charge in [-0.25, -0.2) is 9.78 Å². The van der Waals surface area contributed by atoms with Gasteiger partial charge in [-0.15, -0.1) is 11.3 Å². The Balaban J connectivity index is 1.76. The number of imidazole rings is 1. The van der Waals surface area contributed by atoms with E-state index in [1.165, 1.54) is 11.3 Å². The van der Waals surface area contributed by atoms with E-state index in [1.807, 2.05) is 43.1 Å². The zero-order valence-electron chi connectivity index (χ0n) is 13.9. The topological polar surface area (TPSA) is 74.9 Å². The van der Waals surface area contributed by atoms with Crippen LogP contribution in [0.3, 0.4) is 0 Å². The van der Waals surface area contributed by atoms with Crippen LogP contribution in [0.2, 0.25) is 0 Å². The summed E-state index contributed by atoms with van der Waals surface area (Å²) in [5.74, 6) is -1.01. The second kappa shape index (κ2) is 5.42. The van der Waals surface area contributed by atoms with Crippen molar-refractivity contribution in [1.29, 1.82) is 0 Å². The van der Waals surface area contributed by atoms with Gasteiger partial charge in [0.1, 0.15) is 11.3 Å². The lowest BCUT2D eigenvalue weighted by molar-refractivity contribution is 0.0515. The molecule has 0 spiro atoms. The normalized spacial score (nSPS) is 16.0. The van der Waals surface area contributed by atoms with E-state index >= 15 is 0 Å². The van der Waals surface area contributed by atoms with Gasteiger partial charge in [-0.1, -0.05) is 6.07 Å². The summed E-state index contributed by atoms with van der Waals surface area (Å²) in [7, 11) is 0. The smallest absolute Gasteiger partial charge is 0.336 e. The summed E-state index contributed by atoms with van der Waals surface area (Å²) in [5.41, 5.74) is 1.88. The van der Waals surface area contributed by atoms with Gasteiger partial charge in [0.2, 0.25) is 0 Å². The highest BCUT2D eigenvalue weighted by Crippen LogP contribution is 2.41. The highest BCUT2D eigenvalue weighted by Gasteiger charge is 2.41. The number of rotatable bonds is 2. The first-order valence-electron chi connectivity index (χ1n) is 7.99. The predicted octanol–water partition coefficient (Wildman–Crippen LogP) is 3.03. The van der Waals surface area contributed by atoms with E-state index in [1.54, 1.807) is 16.0 Å². The van der Waals surface area contributed by atoms with Crippen LogP contribution in [0.25, 0.3) is 5.65 Å². The number of pyridine rings is 1. The molecule has 1 amide bonds. The number of carboxylic acids is 1. The summed E-state index contributed by atoms with van der Waals surface area (Å²) in [4.78, 5) is 31.7. The molecule has 1 N–H and O–H groups in total. The van der Waals surface area contributed by atoms with Crippen molar-refractivity contribution >= 4 is 28.9 Å². The standard InChI is InChI=1S/C18H17N3O3S/c1-18(2)15-11(12(10-25-15)17(23)24)6-8-21(18)16(22)13-9-19-14-5-3-4-7-20(13)14/h3-5,7,9-10H,6,8H2,1-2H3,(H,23,24). The van der Waals surface area contributed by atoms with Crippen molar-refractivity contribution in [3.63, 3.8) is 0 Å². The summed E-state index contributed by atoms with van der Waals surface area (Å²) in [5, 5.41) is 11.0. The number of thiophene rings is 1. The third-order valence-corrected chi connectivity index (χ3v) is 6.16. The SMILES string of the molecule is CC1(C)c2scc(C(=O)O)c2CCN1C(=O)c1cnc2ccccn12. The van der Waals surface area contributed by atoms with Crippen LogP contribution < -0.4 is 0 Å². The number of amides is 1. The van der Waals surface area contributed by atoms with Crippen LogP contribution in [-0.2, 0) is 12.0 Å². The van der Waals surface area contributed by atoms with E-state index in [0.29, 0.717) is 24.2 Å². The van der Waals surface area contributed by atoms with E-state index < -0.39 is 11.5 Å². The molecule has 7 heteroatoms. The van der Waals surface area contributed by atoms with E-state index in [2.05, 4.69) is 4.98 Å². The van der Waals surface area contributed by atoms with Gasteiger partial charge in [0.25, 0.3) is 5.91 Å². The molecule has 0 saturated carbocycles. The fourth-order valence-electron chi connectivity index (χ4n) is 3.53. The number of aromatic nitrogens is 2. The van der Waals surface area contributed by atoms with Gasteiger partial charge in [0.15, 0.2) is 0 Å². The molecule has 6 nitrogen and oxygen atoms in total. The van der Waals surface area contributed by atoms with Crippen molar-refractivity contribution in [2.24, 2.45) is 0 Å². The zero-order chi connectivity index (χ0) is 17.8. The number of carbonyl (C=O) groups excluding carboxylic acids is 1. The highest BCUT2D eigenvalue weighted by molar-refractivity contribution is 7.10. The minimum atomic E-state index is -0.908. The third-order valence-electron chi connectivity index (χ3n) is 4.82. The molecule has 0 unspecified atom stereocenters. The van der Waals surface area contributed by atoms with Crippen molar-refractivity contribution in [3.05, 3.63) is 57.7 Å². The maximum absolute atomic E-state index is 13.2. The van der Waals surface area contributed by atoms with E-state index in [0.717, 1.165) is 16.1 Å². The van der Waals surface area contributed by atoms with Crippen LogP contribution >= 0.6 is 11.3 Å². The van der Waals surface area contributed by atoms with Gasteiger partial charge >= 0.3 is 5.97 Å². The van der Waals surface area contributed by atoms with Gasteiger partial charge in [-0.3, -0.25) is 9.20 Å². The zero-order valence-corrected chi connectivity index (χ0v) is 14.7. The summed E-state index contributed by atoms with van der Waals surface area (Å²) in [6, 6.07) is 5.60. The molecular formula is C18H17N3O3S. The molecule has 4 rings (SSSR count). The molecule has 0 saturated heterocycles. The Labute approximate surface area is 148 Å². The lowest BCUT2D eigenvalue weighted by atomic mass is 9.88. The molecule has 0 radical (unpaired) electrons. The molecular weight excluding hydrogens is 338 g/mol. The first kappa shape index (κ1) is 15.8. The van der Waals surface area contributed by atoms with Crippen LogP contribution in [-0.4, -0.2) is 37.8 Å². The molecule has 1 aliphatic rings. The fraction of sp³-hybridized carbons (Fsp3) is 0.278. The van der Waals surface area contributed by atoms with Crippen molar-refractivity contribution in [2.45, 2.75) is 25.8 Å². The monoisotopic (exact) mass is 355 g/mol. The molecule has 3 aromatic rings. The lowest BCUT2D eigenvalue weighted by Crippen LogP contribution is -2.49. The van der Waals surface area contributed by atoms with Crippen molar-refractivity contribution in [1.82, 2.24) is 14.3 Å². The van der Waals surface area contributed by atoms with Gasteiger partial charge in [0.05, 0.1) is 17.3 Å². The van der Waals surface area contributed by atoms with E-state index in [9.17, 15) is 14.7 Å². The van der Waals surface area contributed by atoms with Crippen LogP contribution in [0.4, 0.5) is 0 Å². The molecule has 0 atom stereocenters. The van der Waals surface area contributed by atoms with Gasteiger partial charge in [-0.2, -0.15) is 0 Å². The molecule has 0 fully saturated rings. The summed E-state index contributed by atoms with van der Waals surface area (Å²) in [6.45, 7) is 4.42. The van der Waals surface area contributed by atoms with Crippen molar-refractivity contribution < 1.29 is 14.7 Å². The quantitative estimate of drug-likeness (QED) is 0.767. The number of fused-ring (bicyclic) bond motifs is 2.